The van der Waals surface area contributed by atoms with Crippen LogP contribution in [0.4, 0.5) is 11.4 Å². The molecule has 0 bridgehead atoms. The van der Waals surface area contributed by atoms with E-state index in [1.807, 2.05) is 12.1 Å². The summed E-state index contributed by atoms with van der Waals surface area (Å²) in [4.78, 5) is 0. The molecule has 120 valence electrons. The van der Waals surface area contributed by atoms with E-state index in [-0.39, 0.29) is 0 Å². The molecule has 0 aliphatic heterocycles. The first-order valence-corrected chi connectivity index (χ1v) is 6.51. The molecule has 2 aromatic rings. The SMILES string of the molecule is COc1cccc(N)c1OC.COc1cccc(N)c1OC. The average molecular weight is 306 g/mol. The molecule has 0 radical (unpaired) electrons. The van der Waals surface area contributed by atoms with Crippen LogP contribution in [0.3, 0.4) is 0 Å². The van der Waals surface area contributed by atoms with Crippen molar-refractivity contribution in [3.63, 3.8) is 0 Å². The molecule has 0 aliphatic rings. The highest BCUT2D eigenvalue weighted by Gasteiger charge is 2.05. The van der Waals surface area contributed by atoms with Crippen LogP contribution >= 0.6 is 0 Å². The zero-order valence-corrected chi connectivity index (χ0v) is 13.3. The second-order valence-corrected chi connectivity index (χ2v) is 4.17. The third-order valence-corrected chi connectivity index (χ3v) is 2.87. The highest BCUT2D eigenvalue weighted by Crippen LogP contribution is 2.32. The first-order chi connectivity index (χ1) is 10.6. The highest BCUT2D eigenvalue weighted by molar-refractivity contribution is 5.60. The first kappa shape index (κ1) is 17.3. The Morgan fingerprint density at radius 3 is 1.18 bits per heavy atom. The van der Waals surface area contributed by atoms with Crippen molar-refractivity contribution >= 4 is 11.4 Å². The van der Waals surface area contributed by atoms with Crippen molar-refractivity contribution in [2.45, 2.75) is 0 Å². The second kappa shape index (κ2) is 8.51. The number of hydrogen-bond donors (Lipinski definition) is 2. The van der Waals surface area contributed by atoms with Crippen LogP contribution < -0.4 is 30.4 Å². The molecule has 0 unspecified atom stereocenters. The molecule has 0 aromatic heterocycles. The van der Waals surface area contributed by atoms with Gasteiger partial charge in [0.2, 0.25) is 0 Å². The number of nitrogens with two attached hydrogens (primary N) is 2. The molecule has 0 aliphatic carbocycles. The summed E-state index contributed by atoms with van der Waals surface area (Å²) in [6, 6.07) is 10.8. The standard InChI is InChI=1S/2C8H11NO2/c2*1-10-7-5-3-4-6(9)8(7)11-2/h2*3-5H,9H2,1-2H3. The van der Waals surface area contributed by atoms with E-state index in [0.717, 1.165) is 0 Å². The number of benzene rings is 2. The van der Waals surface area contributed by atoms with Crippen LogP contribution in [0.25, 0.3) is 0 Å². The van der Waals surface area contributed by atoms with Gasteiger partial charge < -0.3 is 30.4 Å². The van der Waals surface area contributed by atoms with Gasteiger partial charge in [0.05, 0.1) is 39.8 Å². The normalized spacial score (nSPS) is 9.27. The summed E-state index contributed by atoms with van der Waals surface area (Å²) in [7, 11) is 6.29. The Morgan fingerprint density at radius 2 is 0.955 bits per heavy atom. The van der Waals surface area contributed by atoms with Crippen molar-refractivity contribution in [2.75, 3.05) is 39.9 Å². The fourth-order valence-electron chi connectivity index (χ4n) is 1.82. The minimum absolute atomic E-state index is 0.590. The third-order valence-electron chi connectivity index (χ3n) is 2.87. The predicted molar refractivity (Wildman–Crippen MR) is 87.9 cm³/mol. The number of methoxy groups -OCH3 is 4. The predicted octanol–water partition coefficient (Wildman–Crippen LogP) is 2.57. The number of hydrogen-bond acceptors (Lipinski definition) is 6. The van der Waals surface area contributed by atoms with Crippen LogP contribution in [0.15, 0.2) is 36.4 Å². The van der Waals surface area contributed by atoms with Gasteiger partial charge in [-0.2, -0.15) is 0 Å². The quantitative estimate of drug-likeness (QED) is 0.844. The molecule has 0 saturated carbocycles. The van der Waals surface area contributed by atoms with Crippen LogP contribution in [0.1, 0.15) is 0 Å². The maximum absolute atomic E-state index is 5.60. The molecule has 0 fully saturated rings. The van der Waals surface area contributed by atoms with Gasteiger partial charge in [-0.05, 0) is 24.3 Å². The van der Waals surface area contributed by atoms with Crippen molar-refractivity contribution in [2.24, 2.45) is 0 Å². The molecule has 6 heteroatoms. The smallest absolute Gasteiger partial charge is 0.183 e. The molecular weight excluding hydrogens is 284 g/mol. The lowest BCUT2D eigenvalue weighted by Gasteiger charge is -2.08. The lowest BCUT2D eigenvalue weighted by molar-refractivity contribution is 0.356. The summed E-state index contributed by atoms with van der Waals surface area (Å²) in [5.74, 6) is 2.50. The fourth-order valence-corrected chi connectivity index (χ4v) is 1.82. The number of nitrogen functional groups attached to an aromatic ring is 2. The zero-order chi connectivity index (χ0) is 16.5. The van der Waals surface area contributed by atoms with Gasteiger partial charge in [0, 0.05) is 0 Å². The van der Waals surface area contributed by atoms with E-state index >= 15 is 0 Å². The number of anilines is 2. The van der Waals surface area contributed by atoms with Gasteiger partial charge in [-0.25, -0.2) is 0 Å². The van der Waals surface area contributed by atoms with Gasteiger partial charge in [-0.3, -0.25) is 0 Å². The molecular formula is C16H22N2O4. The van der Waals surface area contributed by atoms with Crippen LogP contribution in [0, 0.1) is 0 Å². The van der Waals surface area contributed by atoms with E-state index in [9.17, 15) is 0 Å². The lowest BCUT2D eigenvalue weighted by Crippen LogP contribution is -1.95. The largest absolute Gasteiger partial charge is 0.493 e. The topological polar surface area (TPSA) is 89.0 Å². The summed E-state index contributed by atoms with van der Waals surface area (Å²) < 4.78 is 20.1. The van der Waals surface area contributed by atoms with E-state index < -0.39 is 0 Å². The van der Waals surface area contributed by atoms with Crippen molar-refractivity contribution in [1.29, 1.82) is 0 Å². The summed E-state index contributed by atoms with van der Waals surface area (Å²) >= 11 is 0. The molecule has 0 heterocycles. The lowest BCUT2D eigenvalue weighted by atomic mass is 10.3. The Bertz CT molecular complexity index is 549. The Hall–Kier alpha value is -2.76. The minimum atomic E-state index is 0.590. The zero-order valence-electron chi connectivity index (χ0n) is 13.3. The molecule has 2 rings (SSSR count). The molecule has 6 nitrogen and oxygen atoms in total. The second-order valence-electron chi connectivity index (χ2n) is 4.17. The molecule has 4 N–H and O–H groups in total. The monoisotopic (exact) mass is 306 g/mol. The van der Waals surface area contributed by atoms with Gasteiger partial charge in [-0.15, -0.1) is 0 Å². The maximum atomic E-state index is 5.60. The molecule has 0 amide bonds. The maximum Gasteiger partial charge on any atom is 0.183 e. The van der Waals surface area contributed by atoms with E-state index in [4.69, 9.17) is 30.4 Å². The summed E-state index contributed by atoms with van der Waals surface area (Å²) in [5, 5.41) is 0. The van der Waals surface area contributed by atoms with Crippen LogP contribution in [-0.2, 0) is 0 Å². The van der Waals surface area contributed by atoms with Crippen molar-refractivity contribution in [3.8, 4) is 23.0 Å². The fraction of sp³-hybridized carbons (Fsp3) is 0.250. The Balaban J connectivity index is 0.000000220. The third kappa shape index (κ3) is 4.12. The molecule has 0 atom stereocenters. The number of rotatable bonds is 4. The van der Waals surface area contributed by atoms with Gasteiger partial charge in [0.15, 0.2) is 23.0 Å². The van der Waals surface area contributed by atoms with E-state index in [0.29, 0.717) is 34.4 Å². The van der Waals surface area contributed by atoms with Gasteiger partial charge in [0.1, 0.15) is 0 Å². The number of para-hydroxylation sites is 2. The summed E-state index contributed by atoms with van der Waals surface area (Å²) in [6.07, 6.45) is 0. The Labute approximate surface area is 130 Å². The van der Waals surface area contributed by atoms with Crippen molar-refractivity contribution in [1.82, 2.24) is 0 Å². The highest BCUT2D eigenvalue weighted by atomic mass is 16.5. The minimum Gasteiger partial charge on any atom is -0.493 e. The van der Waals surface area contributed by atoms with E-state index in [2.05, 4.69) is 0 Å². The summed E-state index contributed by atoms with van der Waals surface area (Å²) in [6.45, 7) is 0. The van der Waals surface area contributed by atoms with Gasteiger partial charge in [-0.1, -0.05) is 12.1 Å². The van der Waals surface area contributed by atoms with Crippen molar-refractivity contribution in [3.05, 3.63) is 36.4 Å². The Morgan fingerprint density at radius 1 is 0.591 bits per heavy atom. The number of ether oxygens (including phenoxy) is 4. The van der Waals surface area contributed by atoms with Crippen molar-refractivity contribution < 1.29 is 18.9 Å². The molecule has 2 aromatic carbocycles. The molecule has 0 saturated heterocycles. The van der Waals surface area contributed by atoms with Crippen LogP contribution in [0.5, 0.6) is 23.0 Å². The van der Waals surface area contributed by atoms with Gasteiger partial charge >= 0.3 is 0 Å². The molecule has 22 heavy (non-hydrogen) atoms. The van der Waals surface area contributed by atoms with Gasteiger partial charge in [0.25, 0.3) is 0 Å². The Kier molecular flexibility index (Phi) is 6.69. The van der Waals surface area contributed by atoms with E-state index in [1.165, 1.54) is 0 Å². The van der Waals surface area contributed by atoms with Crippen LogP contribution in [0.2, 0.25) is 0 Å². The van der Waals surface area contributed by atoms with Crippen LogP contribution in [-0.4, -0.2) is 28.4 Å². The van der Waals surface area contributed by atoms with E-state index in [1.54, 1.807) is 52.7 Å². The first-order valence-electron chi connectivity index (χ1n) is 6.51. The average Bonchev–Trinajstić information content (AvgIpc) is 2.54. The summed E-state index contributed by atoms with van der Waals surface area (Å²) in [5.41, 5.74) is 12.4. The molecule has 0 spiro atoms.